The molecular weight excluding hydrogens is 112 g/mol. The Morgan fingerprint density at radius 2 is 2.33 bits per heavy atom. The predicted octanol–water partition coefficient (Wildman–Crippen LogP) is 2.13. The number of epoxide rings is 1. The van der Waals surface area contributed by atoms with Gasteiger partial charge in [-0.1, -0.05) is 19.1 Å². The van der Waals surface area contributed by atoms with Gasteiger partial charge in [-0.25, -0.2) is 0 Å². The Bertz CT molecular complexity index is 92.7. The van der Waals surface area contributed by atoms with Gasteiger partial charge in [0.15, 0.2) is 0 Å². The van der Waals surface area contributed by atoms with E-state index in [1.165, 1.54) is 12.8 Å². The van der Waals surface area contributed by atoms with E-state index in [0.717, 1.165) is 13.0 Å². The molecule has 1 heterocycles. The van der Waals surface area contributed by atoms with Gasteiger partial charge in [0.05, 0.1) is 12.7 Å². The molecule has 0 saturated carbocycles. The highest BCUT2D eigenvalue weighted by Gasteiger charge is 2.20. The third kappa shape index (κ3) is 3.31. The van der Waals surface area contributed by atoms with Gasteiger partial charge < -0.3 is 4.74 Å². The lowest BCUT2D eigenvalue weighted by Crippen LogP contribution is -1.80. The average molecular weight is 126 g/mol. The molecular formula is C8H14O. The SMILES string of the molecule is CC/C=C/CC[C@@H]1CO1. The largest absolute Gasteiger partial charge is 0.373 e. The summed E-state index contributed by atoms with van der Waals surface area (Å²) in [5.41, 5.74) is 0. The second-order valence-corrected chi connectivity index (χ2v) is 2.41. The quantitative estimate of drug-likeness (QED) is 0.415. The number of rotatable bonds is 4. The highest BCUT2D eigenvalue weighted by atomic mass is 16.6. The Hall–Kier alpha value is -0.300. The lowest BCUT2D eigenvalue weighted by Gasteiger charge is -1.85. The molecule has 0 amide bonds. The highest BCUT2D eigenvalue weighted by Crippen LogP contribution is 2.15. The van der Waals surface area contributed by atoms with Gasteiger partial charge in [0.2, 0.25) is 0 Å². The zero-order chi connectivity index (χ0) is 6.53. The average Bonchev–Trinajstić information content (AvgIpc) is 2.63. The van der Waals surface area contributed by atoms with Crippen molar-refractivity contribution in [3.8, 4) is 0 Å². The predicted molar refractivity (Wildman–Crippen MR) is 38.4 cm³/mol. The van der Waals surface area contributed by atoms with Crippen LogP contribution in [0.4, 0.5) is 0 Å². The first kappa shape index (κ1) is 6.81. The van der Waals surface area contributed by atoms with Crippen LogP contribution in [-0.4, -0.2) is 12.7 Å². The van der Waals surface area contributed by atoms with Gasteiger partial charge in [-0.3, -0.25) is 0 Å². The maximum absolute atomic E-state index is 5.05. The van der Waals surface area contributed by atoms with Crippen LogP contribution in [0.5, 0.6) is 0 Å². The van der Waals surface area contributed by atoms with Crippen molar-refractivity contribution in [3.63, 3.8) is 0 Å². The Labute approximate surface area is 56.7 Å². The van der Waals surface area contributed by atoms with Crippen LogP contribution in [0, 0.1) is 0 Å². The maximum Gasteiger partial charge on any atom is 0.0812 e. The Balaban J connectivity index is 1.85. The third-order valence-corrected chi connectivity index (χ3v) is 1.46. The fraction of sp³-hybridized carbons (Fsp3) is 0.750. The standard InChI is InChI=1S/C8H14O/c1-2-3-4-5-6-8-7-9-8/h3-4,8H,2,5-7H2,1H3/b4-3+/t8-/m1/s1. The molecule has 0 bridgehead atoms. The van der Waals surface area contributed by atoms with Crippen molar-refractivity contribution in [2.45, 2.75) is 32.3 Å². The van der Waals surface area contributed by atoms with E-state index < -0.39 is 0 Å². The molecule has 1 aliphatic heterocycles. The van der Waals surface area contributed by atoms with Gasteiger partial charge in [-0.15, -0.1) is 0 Å². The fourth-order valence-electron chi connectivity index (χ4n) is 0.801. The molecule has 0 aromatic heterocycles. The topological polar surface area (TPSA) is 12.5 Å². The van der Waals surface area contributed by atoms with Crippen molar-refractivity contribution in [1.82, 2.24) is 0 Å². The number of allylic oxidation sites excluding steroid dienone is 2. The van der Waals surface area contributed by atoms with Crippen LogP contribution >= 0.6 is 0 Å². The number of hydrogen-bond donors (Lipinski definition) is 0. The molecule has 0 unspecified atom stereocenters. The molecule has 0 radical (unpaired) electrons. The van der Waals surface area contributed by atoms with Gasteiger partial charge in [0.1, 0.15) is 0 Å². The van der Waals surface area contributed by atoms with E-state index >= 15 is 0 Å². The van der Waals surface area contributed by atoms with E-state index in [2.05, 4.69) is 19.1 Å². The van der Waals surface area contributed by atoms with E-state index in [0.29, 0.717) is 6.10 Å². The minimum absolute atomic E-state index is 0.603. The second kappa shape index (κ2) is 3.67. The summed E-state index contributed by atoms with van der Waals surface area (Å²) in [6.07, 6.45) is 8.62. The molecule has 1 rings (SSSR count). The molecule has 1 fully saturated rings. The van der Waals surface area contributed by atoms with Crippen molar-refractivity contribution in [3.05, 3.63) is 12.2 Å². The number of hydrogen-bond acceptors (Lipinski definition) is 1. The molecule has 0 aliphatic carbocycles. The van der Waals surface area contributed by atoms with Gasteiger partial charge in [0, 0.05) is 0 Å². The normalized spacial score (nSPS) is 25.2. The van der Waals surface area contributed by atoms with Gasteiger partial charge in [-0.2, -0.15) is 0 Å². The zero-order valence-corrected chi connectivity index (χ0v) is 5.97. The molecule has 1 heteroatoms. The summed E-state index contributed by atoms with van der Waals surface area (Å²) in [5, 5.41) is 0. The molecule has 0 aromatic carbocycles. The van der Waals surface area contributed by atoms with Crippen molar-refractivity contribution >= 4 is 0 Å². The Morgan fingerprint density at radius 1 is 1.56 bits per heavy atom. The van der Waals surface area contributed by atoms with Gasteiger partial charge in [0.25, 0.3) is 0 Å². The first-order chi connectivity index (χ1) is 4.43. The molecule has 9 heavy (non-hydrogen) atoms. The third-order valence-electron chi connectivity index (χ3n) is 1.46. The summed E-state index contributed by atoms with van der Waals surface area (Å²) in [7, 11) is 0. The summed E-state index contributed by atoms with van der Waals surface area (Å²) >= 11 is 0. The van der Waals surface area contributed by atoms with Crippen LogP contribution < -0.4 is 0 Å². The minimum Gasteiger partial charge on any atom is -0.373 e. The van der Waals surface area contributed by atoms with Crippen molar-refractivity contribution < 1.29 is 4.74 Å². The van der Waals surface area contributed by atoms with Gasteiger partial charge in [-0.05, 0) is 19.3 Å². The smallest absolute Gasteiger partial charge is 0.0812 e. The van der Waals surface area contributed by atoms with Gasteiger partial charge >= 0.3 is 0 Å². The maximum atomic E-state index is 5.05. The van der Waals surface area contributed by atoms with Crippen LogP contribution in [0.15, 0.2) is 12.2 Å². The summed E-state index contributed by atoms with van der Waals surface area (Å²) in [6, 6.07) is 0. The first-order valence-corrected chi connectivity index (χ1v) is 3.70. The lowest BCUT2D eigenvalue weighted by atomic mass is 10.2. The van der Waals surface area contributed by atoms with E-state index in [9.17, 15) is 0 Å². The Kier molecular flexibility index (Phi) is 2.78. The van der Waals surface area contributed by atoms with Crippen LogP contribution in [0.1, 0.15) is 26.2 Å². The highest BCUT2D eigenvalue weighted by molar-refractivity contribution is 4.82. The monoisotopic (exact) mass is 126 g/mol. The van der Waals surface area contributed by atoms with Crippen molar-refractivity contribution in [1.29, 1.82) is 0 Å². The van der Waals surface area contributed by atoms with Crippen molar-refractivity contribution in [2.75, 3.05) is 6.61 Å². The number of ether oxygens (including phenoxy) is 1. The minimum atomic E-state index is 0.603. The fourth-order valence-corrected chi connectivity index (χ4v) is 0.801. The van der Waals surface area contributed by atoms with Crippen LogP contribution in [0.25, 0.3) is 0 Å². The molecule has 0 N–H and O–H groups in total. The van der Waals surface area contributed by atoms with Crippen LogP contribution in [-0.2, 0) is 4.74 Å². The lowest BCUT2D eigenvalue weighted by molar-refractivity contribution is 0.398. The van der Waals surface area contributed by atoms with E-state index in [4.69, 9.17) is 4.74 Å². The molecule has 52 valence electrons. The summed E-state index contributed by atoms with van der Waals surface area (Å²) < 4.78 is 5.05. The van der Waals surface area contributed by atoms with Crippen molar-refractivity contribution in [2.24, 2.45) is 0 Å². The summed E-state index contributed by atoms with van der Waals surface area (Å²) in [5.74, 6) is 0. The van der Waals surface area contributed by atoms with E-state index in [-0.39, 0.29) is 0 Å². The van der Waals surface area contributed by atoms with E-state index in [1.807, 2.05) is 0 Å². The summed E-state index contributed by atoms with van der Waals surface area (Å²) in [6.45, 7) is 3.16. The molecule has 1 nitrogen and oxygen atoms in total. The molecule has 1 saturated heterocycles. The Morgan fingerprint density at radius 3 is 2.89 bits per heavy atom. The van der Waals surface area contributed by atoms with Crippen LogP contribution in [0.3, 0.4) is 0 Å². The van der Waals surface area contributed by atoms with E-state index in [1.54, 1.807) is 0 Å². The zero-order valence-electron chi connectivity index (χ0n) is 5.97. The first-order valence-electron chi connectivity index (χ1n) is 3.70. The molecule has 1 atom stereocenters. The second-order valence-electron chi connectivity index (χ2n) is 2.41. The summed E-state index contributed by atoms with van der Waals surface area (Å²) in [4.78, 5) is 0. The molecule has 0 aromatic rings. The molecule has 1 aliphatic rings. The molecule has 0 spiro atoms. The van der Waals surface area contributed by atoms with Crippen LogP contribution in [0.2, 0.25) is 0 Å².